The molecule has 0 saturated heterocycles. The Morgan fingerprint density at radius 1 is 0.518 bits per heavy atom. The van der Waals surface area contributed by atoms with E-state index in [1.807, 2.05) is 55.5 Å². The summed E-state index contributed by atoms with van der Waals surface area (Å²) in [5.41, 5.74) is 5.12. The van der Waals surface area contributed by atoms with E-state index in [1.54, 1.807) is 19.1 Å². The van der Waals surface area contributed by atoms with Crippen LogP contribution in [0.5, 0.6) is 23.0 Å². The zero-order chi connectivity index (χ0) is 60.8. The number of carbonyl (C=O) groups excluding carboxylic acids is 6. The van der Waals surface area contributed by atoms with Gasteiger partial charge in [-0.15, -0.1) is 0 Å². The number of hydrogen-bond donors (Lipinski definition) is 0. The number of esters is 5. The van der Waals surface area contributed by atoms with Crippen molar-refractivity contribution in [1.29, 1.82) is 0 Å². The predicted octanol–water partition coefficient (Wildman–Crippen LogP) is 14.6. The highest BCUT2D eigenvalue weighted by atomic mass is 16.7. The molecule has 0 amide bonds. The molecule has 0 radical (unpaired) electrons. The van der Waals surface area contributed by atoms with E-state index in [9.17, 15) is 28.8 Å². The summed E-state index contributed by atoms with van der Waals surface area (Å²) in [5.74, 6) is 0.955. The minimum atomic E-state index is -1.09. The molecular weight excluding hydrogens is 1050 g/mol. The Labute approximate surface area is 491 Å². The smallest absolute Gasteiger partial charge is 0.490 e. The first-order valence-electron chi connectivity index (χ1n) is 28.8. The topological polar surface area (TPSA) is 176 Å². The average Bonchev–Trinajstić information content (AvgIpc) is 3.64. The molecule has 2 aliphatic carbocycles. The molecule has 0 bridgehead atoms. The number of hydrogen-bond acceptors (Lipinski definition) is 14. The second-order valence-corrected chi connectivity index (χ2v) is 23.4. The predicted molar refractivity (Wildman–Crippen MR) is 321 cm³/mol. The van der Waals surface area contributed by atoms with Gasteiger partial charge < -0.3 is 37.9 Å². The maximum absolute atomic E-state index is 12.2. The first kappa shape index (κ1) is 66.1. The molecule has 2 aliphatic rings. The van der Waals surface area contributed by atoms with E-state index >= 15 is 0 Å². The van der Waals surface area contributed by atoms with Crippen molar-refractivity contribution in [3.05, 3.63) is 170 Å². The van der Waals surface area contributed by atoms with Crippen LogP contribution < -0.4 is 18.9 Å². The summed E-state index contributed by atoms with van der Waals surface area (Å²) in [4.78, 5) is 68.8. The lowest BCUT2D eigenvalue weighted by molar-refractivity contribution is -0.143. The molecule has 0 spiro atoms. The summed E-state index contributed by atoms with van der Waals surface area (Å²) in [6.07, 6.45) is 13.8. The third-order valence-corrected chi connectivity index (χ3v) is 16.7. The SMILES string of the molecule is C=CC(=O)OCC(C)Oc1ccc(C(C)(C)C2CCC(C)(c3ccc(OCC(C)OC(=O)C=C)cc3)CC2)cc1.C=CC(=O)OCCCCCC(=O)Oc1ccc(C2(C)CCC(C(C)(C)c3ccc(OC(=O)OC(=O)C=C)cc3)CC2)cc1. The molecule has 0 heterocycles. The Morgan fingerprint density at radius 2 is 0.952 bits per heavy atom. The summed E-state index contributed by atoms with van der Waals surface area (Å²) in [5, 5.41) is 0. The number of benzene rings is 4. The molecule has 14 heteroatoms. The van der Waals surface area contributed by atoms with Gasteiger partial charge in [0.15, 0.2) is 0 Å². The molecule has 0 aromatic heterocycles. The Morgan fingerprint density at radius 3 is 1.43 bits per heavy atom. The number of unbranched alkanes of at least 4 members (excludes halogenated alkanes) is 2. The molecule has 2 fully saturated rings. The van der Waals surface area contributed by atoms with Gasteiger partial charge in [-0.3, -0.25) is 4.79 Å². The monoisotopic (exact) mass is 1140 g/mol. The fraction of sp³-hybridized carbons (Fsp3) is 0.449. The molecule has 0 aliphatic heterocycles. The molecule has 4 aromatic rings. The maximum Gasteiger partial charge on any atom is 0.521 e. The van der Waals surface area contributed by atoms with Crippen LogP contribution in [0.2, 0.25) is 0 Å². The Balaban J connectivity index is 0.000000305. The van der Waals surface area contributed by atoms with Gasteiger partial charge in [-0.1, -0.05) is 116 Å². The first-order valence-corrected chi connectivity index (χ1v) is 28.8. The van der Waals surface area contributed by atoms with Crippen molar-refractivity contribution >= 4 is 36.0 Å². The second kappa shape index (κ2) is 31.1. The van der Waals surface area contributed by atoms with Gasteiger partial charge >= 0.3 is 36.0 Å². The highest BCUT2D eigenvalue weighted by Gasteiger charge is 2.41. The average molecular weight is 1140 g/mol. The van der Waals surface area contributed by atoms with E-state index in [2.05, 4.69) is 109 Å². The summed E-state index contributed by atoms with van der Waals surface area (Å²) >= 11 is 0. The molecule has 2 atom stereocenters. The maximum atomic E-state index is 12.2. The molecule has 446 valence electrons. The van der Waals surface area contributed by atoms with Gasteiger partial charge in [-0.25, -0.2) is 24.0 Å². The van der Waals surface area contributed by atoms with E-state index in [4.69, 9.17) is 33.2 Å². The molecule has 6 rings (SSSR count). The highest BCUT2D eigenvalue weighted by Crippen LogP contribution is 2.50. The largest absolute Gasteiger partial charge is 0.521 e. The van der Waals surface area contributed by atoms with Gasteiger partial charge in [0.25, 0.3) is 0 Å². The minimum Gasteiger partial charge on any atom is -0.490 e. The molecule has 14 nitrogen and oxygen atoms in total. The van der Waals surface area contributed by atoms with E-state index in [1.165, 1.54) is 16.7 Å². The summed E-state index contributed by atoms with van der Waals surface area (Å²) in [6.45, 7) is 31.7. The quantitative estimate of drug-likeness (QED) is 0.0110. The summed E-state index contributed by atoms with van der Waals surface area (Å²) in [6, 6.07) is 31.9. The van der Waals surface area contributed by atoms with Crippen molar-refractivity contribution in [2.45, 2.75) is 166 Å². The third kappa shape index (κ3) is 20.0. The van der Waals surface area contributed by atoms with Crippen molar-refractivity contribution in [2.24, 2.45) is 11.8 Å². The fourth-order valence-electron chi connectivity index (χ4n) is 11.0. The van der Waals surface area contributed by atoms with Crippen LogP contribution in [0.15, 0.2) is 148 Å². The van der Waals surface area contributed by atoms with Crippen molar-refractivity contribution in [2.75, 3.05) is 19.8 Å². The van der Waals surface area contributed by atoms with Crippen LogP contribution >= 0.6 is 0 Å². The van der Waals surface area contributed by atoms with Crippen LogP contribution in [0.3, 0.4) is 0 Å². The molecule has 2 saturated carbocycles. The molecule has 83 heavy (non-hydrogen) atoms. The van der Waals surface area contributed by atoms with Crippen molar-refractivity contribution < 1.29 is 66.7 Å². The molecule has 0 N–H and O–H groups in total. The summed E-state index contributed by atoms with van der Waals surface area (Å²) in [7, 11) is 0. The lowest BCUT2D eigenvalue weighted by atomic mass is 9.60. The lowest BCUT2D eigenvalue weighted by Crippen LogP contribution is -2.37. The van der Waals surface area contributed by atoms with Crippen LogP contribution in [0.4, 0.5) is 4.79 Å². The molecule has 4 aromatic carbocycles. The van der Waals surface area contributed by atoms with E-state index in [-0.39, 0.29) is 46.4 Å². The van der Waals surface area contributed by atoms with Crippen LogP contribution in [0.25, 0.3) is 0 Å². The number of rotatable bonds is 26. The number of carbonyl (C=O) groups is 6. The van der Waals surface area contributed by atoms with E-state index in [0.717, 1.165) is 99.2 Å². The van der Waals surface area contributed by atoms with Gasteiger partial charge in [-0.05, 0) is 189 Å². The van der Waals surface area contributed by atoms with E-state index < -0.39 is 30.0 Å². The highest BCUT2D eigenvalue weighted by molar-refractivity contribution is 5.90. The number of ether oxygens (including phenoxy) is 8. The normalized spacial score (nSPS) is 19.3. The van der Waals surface area contributed by atoms with Gasteiger partial charge in [0.1, 0.15) is 48.4 Å². The zero-order valence-electron chi connectivity index (χ0n) is 50.0. The van der Waals surface area contributed by atoms with Gasteiger partial charge in [0.05, 0.1) is 6.61 Å². The van der Waals surface area contributed by atoms with Crippen molar-refractivity contribution in [1.82, 2.24) is 0 Å². The zero-order valence-corrected chi connectivity index (χ0v) is 50.0. The second-order valence-electron chi connectivity index (χ2n) is 23.4. The Hall–Kier alpha value is -7.74. The summed E-state index contributed by atoms with van der Waals surface area (Å²) < 4.78 is 41.9. The van der Waals surface area contributed by atoms with Gasteiger partial charge in [0.2, 0.25) is 0 Å². The van der Waals surface area contributed by atoms with Crippen LogP contribution in [-0.4, -0.2) is 68.0 Å². The molecular formula is C69H86O14. The van der Waals surface area contributed by atoms with Gasteiger partial charge in [0, 0.05) is 30.7 Å². The van der Waals surface area contributed by atoms with Crippen molar-refractivity contribution in [3.8, 4) is 23.0 Å². The molecule has 2 unspecified atom stereocenters. The third-order valence-electron chi connectivity index (χ3n) is 16.7. The van der Waals surface area contributed by atoms with Crippen LogP contribution in [0.1, 0.15) is 155 Å². The van der Waals surface area contributed by atoms with Crippen molar-refractivity contribution in [3.63, 3.8) is 0 Å². The Bertz CT molecular complexity index is 2810. The minimum absolute atomic E-state index is 0.0328. The fourth-order valence-corrected chi connectivity index (χ4v) is 11.0. The van der Waals surface area contributed by atoms with E-state index in [0.29, 0.717) is 55.8 Å². The first-order chi connectivity index (χ1) is 39.4. The van der Waals surface area contributed by atoms with Gasteiger partial charge in [-0.2, -0.15) is 0 Å². The standard InChI is InChI=1S/C35H42O8.C34H44O6/c1-6-30(36)40-24-10-8-9-11-32(38)41-28-18-14-27(15-19-28)35(5)22-20-26(21-23-35)34(3,4)25-12-16-29(17-13-25)42-33(39)43-31(37)7-2;1-8-31(35)38-23-24(3)39-30-16-10-26(11-17-30)33(5,6)27-18-20-34(7,21-19-27)28-12-14-29(15-13-28)37-22-25(4)40-32(36)9-2/h6-7,12-19,26H,1-2,8-11,20-24H2,3-5H3;8-17,24-25,27H,1-2,18-23H2,3-7H3. The lowest BCUT2D eigenvalue weighted by Gasteiger charge is -2.44. The van der Waals surface area contributed by atoms with Crippen LogP contribution in [0, 0.1) is 11.8 Å². The van der Waals surface area contributed by atoms with Crippen LogP contribution in [-0.2, 0) is 64.6 Å². The Kier molecular flexibility index (Phi) is 24.7.